The number of halogens is 2. The van der Waals surface area contributed by atoms with Crippen LogP contribution in [0.4, 0.5) is 0 Å². The summed E-state index contributed by atoms with van der Waals surface area (Å²) in [5.41, 5.74) is 2.99. The molecule has 0 atom stereocenters. The molecular weight excluding hydrogens is 279 g/mol. The van der Waals surface area contributed by atoms with Crippen LogP contribution in [-0.4, -0.2) is 4.98 Å². The molecule has 1 aromatic heterocycles. The predicted molar refractivity (Wildman–Crippen MR) is 78.8 cm³/mol. The van der Waals surface area contributed by atoms with Crippen LogP contribution in [0.25, 0.3) is 11.1 Å². The van der Waals surface area contributed by atoms with E-state index in [1.807, 2.05) is 13.0 Å². The Kier molecular flexibility index (Phi) is 4.21. The van der Waals surface area contributed by atoms with Crippen molar-refractivity contribution >= 4 is 34.3 Å². The Hall–Kier alpha value is -1.82. The highest BCUT2D eigenvalue weighted by molar-refractivity contribution is 6.35. The highest BCUT2D eigenvalue weighted by atomic mass is 35.5. The first-order chi connectivity index (χ1) is 9.11. The summed E-state index contributed by atoms with van der Waals surface area (Å²) in [5, 5.41) is 10.4. The zero-order valence-electron chi connectivity index (χ0n) is 10.2. The fraction of sp³-hybridized carbons (Fsp3) is 0.0667. The Morgan fingerprint density at radius 3 is 2.37 bits per heavy atom. The standard InChI is InChI=1S/C15H10Cl2N2/c1-10(12-5-13(16)7-14(17)6-12)15(8-18)11-3-2-4-19-9-11/h2-7,9H,1H3. The maximum atomic E-state index is 9.35. The van der Waals surface area contributed by atoms with Crippen molar-refractivity contribution in [3.63, 3.8) is 0 Å². The van der Waals surface area contributed by atoms with Crippen molar-refractivity contribution < 1.29 is 0 Å². The molecule has 0 saturated heterocycles. The van der Waals surface area contributed by atoms with E-state index in [4.69, 9.17) is 23.2 Å². The minimum atomic E-state index is 0.547. The Labute approximate surface area is 121 Å². The van der Waals surface area contributed by atoms with Crippen LogP contribution in [-0.2, 0) is 0 Å². The largest absolute Gasteiger partial charge is 0.264 e. The molecule has 2 aromatic rings. The van der Waals surface area contributed by atoms with Gasteiger partial charge in [-0.05, 0) is 42.3 Å². The molecule has 0 aliphatic carbocycles. The Morgan fingerprint density at radius 1 is 1.16 bits per heavy atom. The molecule has 94 valence electrons. The summed E-state index contributed by atoms with van der Waals surface area (Å²) in [7, 11) is 0. The highest BCUT2D eigenvalue weighted by Crippen LogP contribution is 2.29. The number of benzene rings is 1. The van der Waals surface area contributed by atoms with Crippen LogP contribution < -0.4 is 0 Å². The van der Waals surface area contributed by atoms with Crippen LogP contribution in [0.5, 0.6) is 0 Å². The van der Waals surface area contributed by atoms with Crippen molar-refractivity contribution in [3.8, 4) is 6.07 Å². The van der Waals surface area contributed by atoms with Gasteiger partial charge < -0.3 is 0 Å². The normalized spacial score (nSPS) is 11.7. The first-order valence-electron chi connectivity index (χ1n) is 5.59. The molecule has 0 amide bonds. The van der Waals surface area contributed by atoms with E-state index in [0.717, 1.165) is 16.7 Å². The van der Waals surface area contributed by atoms with Crippen molar-refractivity contribution in [3.05, 3.63) is 63.9 Å². The molecule has 2 nitrogen and oxygen atoms in total. The van der Waals surface area contributed by atoms with Crippen LogP contribution in [0.15, 0.2) is 42.7 Å². The highest BCUT2D eigenvalue weighted by Gasteiger charge is 2.09. The molecule has 0 unspecified atom stereocenters. The van der Waals surface area contributed by atoms with Gasteiger partial charge in [0.1, 0.15) is 6.07 Å². The molecule has 0 fully saturated rings. The number of nitrogens with zero attached hydrogens (tertiary/aromatic N) is 2. The van der Waals surface area contributed by atoms with E-state index in [-0.39, 0.29) is 0 Å². The fourth-order valence-corrected chi connectivity index (χ4v) is 2.32. The number of nitriles is 1. The van der Waals surface area contributed by atoms with E-state index in [2.05, 4.69) is 11.1 Å². The van der Waals surface area contributed by atoms with Crippen LogP contribution in [0.3, 0.4) is 0 Å². The Balaban J connectivity index is 2.59. The van der Waals surface area contributed by atoms with E-state index in [1.54, 1.807) is 36.7 Å². The van der Waals surface area contributed by atoms with Crippen molar-refractivity contribution in [2.45, 2.75) is 6.92 Å². The monoisotopic (exact) mass is 288 g/mol. The van der Waals surface area contributed by atoms with Gasteiger partial charge in [-0.2, -0.15) is 5.26 Å². The summed E-state index contributed by atoms with van der Waals surface area (Å²) in [6.45, 7) is 1.87. The molecule has 2 rings (SSSR count). The Morgan fingerprint density at radius 2 is 1.84 bits per heavy atom. The molecule has 0 saturated carbocycles. The Bertz CT molecular complexity index is 650. The van der Waals surface area contributed by atoms with E-state index < -0.39 is 0 Å². The minimum Gasteiger partial charge on any atom is -0.264 e. The lowest BCUT2D eigenvalue weighted by molar-refractivity contribution is 1.31. The molecule has 0 bridgehead atoms. The maximum Gasteiger partial charge on any atom is 0.100 e. The SMILES string of the molecule is CC(=C(C#N)c1cccnc1)c1cc(Cl)cc(Cl)c1. The third kappa shape index (κ3) is 3.14. The summed E-state index contributed by atoms with van der Waals surface area (Å²) in [6, 6.07) is 11.1. The first-order valence-corrected chi connectivity index (χ1v) is 6.35. The van der Waals surface area contributed by atoms with Gasteiger partial charge in [-0.15, -0.1) is 0 Å². The number of aromatic nitrogens is 1. The van der Waals surface area contributed by atoms with Crippen molar-refractivity contribution in [2.24, 2.45) is 0 Å². The zero-order chi connectivity index (χ0) is 13.8. The predicted octanol–water partition coefficient (Wildman–Crippen LogP) is 4.84. The van der Waals surface area contributed by atoms with Crippen LogP contribution in [0.1, 0.15) is 18.1 Å². The molecule has 0 spiro atoms. The summed E-state index contributed by atoms with van der Waals surface area (Å²) < 4.78 is 0. The molecule has 4 heteroatoms. The van der Waals surface area contributed by atoms with Crippen LogP contribution in [0, 0.1) is 11.3 Å². The molecular formula is C15H10Cl2N2. The summed E-state index contributed by atoms with van der Waals surface area (Å²) in [4.78, 5) is 4.03. The molecule has 0 aliphatic heterocycles. The van der Waals surface area contributed by atoms with Crippen LogP contribution >= 0.6 is 23.2 Å². The molecule has 1 aromatic carbocycles. The second-order valence-electron chi connectivity index (χ2n) is 4.01. The lowest BCUT2D eigenvalue weighted by atomic mass is 9.98. The zero-order valence-corrected chi connectivity index (χ0v) is 11.7. The third-order valence-corrected chi connectivity index (χ3v) is 3.17. The second-order valence-corrected chi connectivity index (χ2v) is 4.88. The topological polar surface area (TPSA) is 36.7 Å². The van der Waals surface area contributed by atoms with Gasteiger partial charge in [-0.1, -0.05) is 29.3 Å². The van der Waals surface area contributed by atoms with Gasteiger partial charge in [0.25, 0.3) is 0 Å². The van der Waals surface area contributed by atoms with Gasteiger partial charge in [0, 0.05) is 28.0 Å². The number of hydrogen-bond acceptors (Lipinski definition) is 2. The fourth-order valence-electron chi connectivity index (χ4n) is 1.79. The van der Waals surface area contributed by atoms with E-state index in [0.29, 0.717) is 15.6 Å². The minimum absolute atomic E-state index is 0.547. The molecule has 0 N–H and O–H groups in total. The lowest BCUT2D eigenvalue weighted by Crippen LogP contribution is -1.89. The number of pyridine rings is 1. The van der Waals surface area contributed by atoms with Gasteiger partial charge in [-0.25, -0.2) is 0 Å². The quantitative estimate of drug-likeness (QED) is 0.741. The maximum absolute atomic E-state index is 9.35. The second kappa shape index (κ2) is 5.88. The van der Waals surface area contributed by atoms with Gasteiger partial charge in [0.15, 0.2) is 0 Å². The molecule has 0 radical (unpaired) electrons. The van der Waals surface area contributed by atoms with E-state index in [9.17, 15) is 5.26 Å². The number of hydrogen-bond donors (Lipinski definition) is 0. The van der Waals surface area contributed by atoms with Crippen molar-refractivity contribution in [1.29, 1.82) is 5.26 Å². The summed E-state index contributed by atoms with van der Waals surface area (Å²) in [5.74, 6) is 0. The smallest absolute Gasteiger partial charge is 0.100 e. The average Bonchev–Trinajstić information content (AvgIpc) is 2.39. The van der Waals surface area contributed by atoms with Gasteiger partial charge in [0.05, 0.1) is 5.57 Å². The van der Waals surface area contributed by atoms with Gasteiger partial charge in [0.2, 0.25) is 0 Å². The lowest BCUT2D eigenvalue weighted by Gasteiger charge is -2.07. The summed E-state index contributed by atoms with van der Waals surface area (Å²) >= 11 is 12.0. The first kappa shape index (κ1) is 13.6. The molecule has 0 aliphatic rings. The average molecular weight is 289 g/mol. The molecule has 1 heterocycles. The summed E-state index contributed by atoms with van der Waals surface area (Å²) in [6.07, 6.45) is 3.33. The number of rotatable bonds is 2. The van der Waals surface area contributed by atoms with Gasteiger partial charge >= 0.3 is 0 Å². The van der Waals surface area contributed by atoms with Crippen molar-refractivity contribution in [1.82, 2.24) is 4.98 Å². The van der Waals surface area contributed by atoms with E-state index >= 15 is 0 Å². The van der Waals surface area contributed by atoms with E-state index in [1.165, 1.54) is 0 Å². The van der Waals surface area contributed by atoms with Crippen LogP contribution in [0.2, 0.25) is 10.0 Å². The molecule has 19 heavy (non-hydrogen) atoms. The third-order valence-electron chi connectivity index (χ3n) is 2.73. The van der Waals surface area contributed by atoms with Gasteiger partial charge in [-0.3, -0.25) is 4.98 Å². The number of allylic oxidation sites excluding steroid dienone is 2. The van der Waals surface area contributed by atoms with Crippen molar-refractivity contribution in [2.75, 3.05) is 0 Å².